The number of methoxy groups -OCH3 is 1. The van der Waals surface area contributed by atoms with Crippen molar-refractivity contribution in [1.29, 1.82) is 0 Å². The molecule has 0 aliphatic carbocycles. The van der Waals surface area contributed by atoms with Crippen LogP contribution in [0.15, 0.2) is 12.1 Å². The molecule has 1 rings (SSSR count). The molecule has 0 heterocycles. The Morgan fingerprint density at radius 2 is 1.71 bits per heavy atom. The van der Waals surface area contributed by atoms with Crippen molar-refractivity contribution in [2.75, 3.05) is 7.11 Å². The summed E-state index contributed by atoms with van der Waals surface area (Å²) >= 11 is 12.2. The first-order valence-electron chi connectivity index (χ1n) is 4.53. The van der Waals surface area contributed by atoms with E-state index in [1.54, 1.807) is 7.11 Å². The summed E-state index contributed by atoms with van der Waals surface area (Å²) < 4.78 is 5.02. The average Bonchev–Trinajstić information content (AvgIpc) is 2.10. The minimum atomic E-state index is 0.432. The van der Waals surface area contributed by atoms with E-state index in [0.29, 0.717) is 22.6 Å². The zero-order valence-corrected chi connectivity index (χ0v) is 10.1. The van der Waals surface area contributed by atoms with Gasteiger partial charge < -0.3 is 4.74 Å². The number of halogens is 2. The Morgan fingerprint density at radius 1 is 1.21 bits per heavy atom. The van der Waals surface area contributed by atoms with Crippen molar-refractivity contribution in [3.05, 3.63) is 33.3 Å². The number of rotatable bonds is 3. The fourth-order valence-corrected chi connectivity index (χ4v) is 1.85. The number of hydrogen-bond acceptors (Lipinski definition) is 1. The first-order chi connectivity index (χ1) is 6.56. The maximum atomic E-state index is 6.09. The molecule has 0 aliphatic heterocycles. The standard InChI is InChI=1S/C11H14Cl2O/c1-7(2)8-4-10(12)9(6-14-3)11(13)5-8/h4-5,7H,6H2,1-3H3. The lowest BCUT2D eigenvalue weighted by atomic mass is 10.0. The van der Waals surface area contributed by atoms with Crippen molar-refractivity contribution < 1.29 is 4.74 Å². The highest BCUT2D eigenvalue weighted by Crippen LogP contribution is 2.30. The van der Waals surface area contributed by atoms with Crippen LogP contribution in [-0.2, 0) is 11.3 Å². The fourth-order valence-electron chi connectivity index (χ4n) is 1.24. The van der Waals surface area contributed by atoms with E-state index in [9.17, 15) is 0 Å². The molecule has 0 radical (unpaired) electrons. The third-order valence-corrected chi connectivity index (χ3v) is 2.79. The zero-order chi connectivity index (χ0) is 10.7. The molecule has 1 nitrogen and oxygen atoms in total. The third-order valence-electron chi connectivity index (χ3n) is 2.12. The summed E-state index contributed by atoms with van der Waals surface area (Å²) in [5, 5.41) is 1.37. The first-order valence-corrected chi connectivity index (χ1v) is 5.28. The lowest BCUT2D eigenvalue weighted by Gasteiger charge is -2.11. The molecule has 1 aromatic carbocycles. The number of hydrogen-bond donors (Lipinski definition) is 0. The van der Waals surface area contributed by atoms with Crippen molar-refractivity contribution >= 4 is 23.2 Å². The van der Waals surface area contributed by atoms with Crippen LogP contribution >= 0.6 is 23.2 Å². The Balaban J connectivity index is 3.11. The quantitative estimate of drug-likeness (QED) is 0.757. The van der Waals surface area contributed by atoms with E-state index < -0.39 is 0 Å². The molecule has 0 N–H and O–H groups in total. The summed E-state index contributed by atoms with van der Waals surface area (Å²) in [5.74, 6) is 0.432. The van der Waals surface area contributed by atoms with Gasteiger partial charge >= 0.3 is 0 Å². The molecule has 0 unspecified atom stereocenters. The Hall–Kier alpha value is -0.240. The second-order valence-corrected chi connectivity index (χ2v) is 4.37. The van der Waals surface area contributed by atoms with E-state index >= 15 is 0 Å². The minimum absolute atomic E-state index is 0.432. The van der Waals surface area contributed by atoms with Crippen molar-refractivity contribution in [3.63, 3.8) is 0 Å². The van der Waals surface area contributed by atoms with Crippen LogP contribution in [0.5, 0.6) is 0 Å². The van der Waals surface area contributed by atoms with Crippen LogP contribution in [0, 0.1) is 0 Å². The molecule has 3 heteroatoms. The second kappa shape index (κ2) is 5.01. The van der Waals surface area contributed by atoms with Crippen LogP contribution in [0.25, 0.3) is 0 Å². The molecular weight excluding hydrogens is 219 g/mol. The SMILES string of the molecule is COCc1c(Cl)cc(C(C)C)cc1Cl. The van der Waals surface area contributed by atoms with Gasteiger partial charge in [0.05, 0.1) is 6.61 Å². The van der Waals surface area contributed by atoms with Gasteiger partial charge in [0.25, 0.3) is 0 Å². The van der Waals surface area contributed by atoms with Crippen LogP contribution in [0.3, 0.4) is 0 Å². The smallest absolute Gasteiger partial charge is 0.0742 e. The summed E-state index contributed by atoms with van der Waals surface area (Å²) in [5.41, 5.74) is 2.01. The maximum absolute atomic E-state index is 6.09. The van der Waals surface area contributed by atoms with E-state index in [0.717, 1.165) is 11.1 Å². The van der Waals surface area contributed by atoms with E-state index in [4.69, 9.17) is 27.9 Å². The summed E-state index contributed by atoms with van der Waals surface area (Å²) in [6.45, 7) is 4.67. The molecule has 0 bridgehead atoms. The Kier molecular flexibility index (Phi) is 4.24. The molecule has 0 aliphatic rings. The lowest BCUT2D eigenvalue weighted by Crippen LogP contribution is -1.94. The minimum Gasteiger partial charge on any atom is -0.380 e. The highest BCUT2D eigenvalue weighted by molar-refractivity contribution is 6.36. The van der Waals surface area contributed by atoms with Gasteiger partial charge in [-0.1, -0.05) is 37.0 Å². The average molecular weight is 233 g/mol. The summed E-state index contributed by atoms with van der Waals surface area (Å²) in [6, 6.07) is 3.90. The zero-order valence-electron chi connectivity index (χ0n) is 8.60. The van der Waals surface area contributed by atoms with Gasteiger partial charge in [0.2, 0.25) is 0 Å². The summed E-state index contributed by atoms with van der Waals surface area (Å²) in [7, 11) is 1.63. The van der Waals surface area contributed by atoms with Crippen molar-refractivity contribution in [1.82, 2.24) is 0 Å². The molecule has 0 spiro atoms. The van der Waals surface area contributed by atoms with Gasteiger partial charge in [0.15, 0.2) is 0 Å². The Morgan fingerprint density at radius 3 is 2.07 bits per heavy atom. The van der Waals surface area contributed by atoms with Crippen LogP contribution in [-0.4, -0.2) is 7.11 Å². The van der Waals surface area contributed by atoms with Crippen LogP contribution in [0.2, 0.25) is 10.0 Å². The Labute approximate surface area is 95.0 Å². The van der Waals surface area contributed by atoms with Gasteiger partial charge in [-0.05, 0) is 23.6 Å². The van der Waals surface area contributed by atoms with Gasteiger partial charge in [-0.15, -0.1) is 0 Å². The topological polar surface area (TPSA) is 9.23 Å². The van der Waals surface area contributed by atoms with E-state index in [-0.39, 0.29) is 0 Å². The van der Waals surface area contributed by atoms with E-state index in [1.807, 2.05) is 12.1 Å². The molecular formula is C11H14Cl2O. The molecule has 0 atom stereocenters. The molecule has 78 valence electrons. The van der Waals surface area contributed by atoms with Crippen LogP contribution < -0.4 is 0 Å². The molecule has 14 heavy (non-hydrogen) atoms. The molecule has 1 aromatic rings. The van der Waals surface area contributed by atoms with Crippen molar-refractivity contribution in [3.8, 4) is 0 Å². The monoisotopic (exact) mass is 232 g/mol. The lowest BCUT2D eigenvalue weighted by molar-refractivity contribution is 0.185. The van der Waals surface area contributed by atoms with Gasteiger partial charge in [0, 0.05) is 22.7 Å². The maximum Gasteiger partial charge on any atom is 0.0742 e. The van der Waals surface area contributed by atoms with E-state index in [2.05, 4.69) is 13.8 Å². The molecule has 0 saturated carbocycles. The Bertz CT molecular complexity index is 298. The summed E-state index contributed by atoms with van der Waals surface area (Å²) in [4.78, 5) is 0. The summed E-state index contributed by atoms with van der Waals surface area (Å²) in [6.07, 6.45) is 0. The predicted molar refractivity (Wildman–Crippen MR) is 61.3 cm³/mol. The molecule has 0 fully saturated rings. The molecule has 0 amide bonds. The van der Waals surface area contributed by atoms with Gasteiger partial charge in [-0.25, -0.2) is 0 Å². The molecule has 0 saturated heterocycles. The van der Waals surface area contributed by atoms with E-state index in [1.165, 1.54) is 0 Å². The van der Waals surface area contributed by atoms with Gasteiger partial charge in [-0.3, -0.25) is 0 Å². The second-order valence-electron chi connectivity index (χ2n) is 3.55. The van der Waals surface area contributed by atoms with Crippen molar-refractivity contribution in [2.45, 2.75) is 26.4 Å². The third kappa shape index (κ3) is 2.63. The normalized spacial score (nSPS) is 11.0. The fraction of sp³-hybridized carbons (Fsp3) is 0.455. The molecule has 0 aromatic heterocycles. The van der Waals surface area contributed by atoms with Gasteiger partial charge in [0.1, 0.15) is 0 Å². The van der Waals surface area contributed by atoms with Crippen LogP contribution in [0.1, 0.15) is 30.9 Å². The van der Waals surface area contributed by atoms with Crippen molar-refractivity contribution in [2.24, 2.45) is 0 Å². The first kappa shape index (κ1) is 11.8. The van der Waals surface area contributed by atoms with Crippen LogP contribution in [0.4, 0.5) is 0 Å². The number of ether oxygens (including phenoxy) is 1. The number of benzene rings is 1. The van der Waals surface area contributed by atoms with Gasteiger partial charge in [-0.2, -0.15) is 0 Å². The largest absolute Gasteiger partial charge is 0.380 e. The highest BCUT2D eigenvalue weighted by Gasteiger charge is 2.09. The predicted octanol–water partition coefficient (Wildman–Crippen LogP) is 4.26. The highest BCUT2D eigenvalue weighted by atomic mass is 35.5.